The summed E-state index contributed by atoms with van der Waals surface area (Å²) in [5.41, 5.74) is 2.21. The molecular formula is C16H20O3. The third kappa shape index (κ3) is 4.21. The van der Waals surface area contributed by atoms with E-state index in [0.717, 1.165) is 25.0 Å². The molecule has 0 amide bonds. The van der Waals surface area contributed by atoms with E-state index >= 15 is 0 Å². The highest BCUT2D eigenvalue weighted by Gasteiger charge is 2.15. The van der Waals surface area contributed by atoms with Gasteiger partial charge in [0.1, 0.15) is 0 Å². The van der Waals surface area contributed by atoms with Gasteiger partial charge in [-0.1, -0.05) is 24.3 Å². The van der Waals surface area contributed by atoms with Crippen molar-refractivity contribution in [1.82, 2.24) is 0 Å². The fourth-order valence-electron chi connectivity index (χ4n) is 2.18. The topological polar surface area (TPSA) is 35.5 Å². The van der Waals surface area contributed by atoms with Crippen LogP contribution in [0, 0.1) is 0 Å². The molecule has 0 spiro atoms. The van der Waals surface area contributed by atoms with Gasteiger partial charge >= 0.3 is 5.97 Å². The molecule has 0 unspecified atom stereocenters. The van der Waals surface area contributed by atoms with Crippen molar-refractivity contribution in [2.45, 2.75) is 32.3 Å². The van der Waals surface area contributed by atoms with Crippen molar-refractivity contribution in [3.05, 3.63) is 41.5 Å². The second-order valence-electron chi connectivity index (χ2n) is 4.61. The second kappa shape index (κ2) is 7.10. The van der Waals surface area contributed by atoms with Crippen molar-refractivity contribution in [1.29, 1.82) is 0 Å². The number of hydrogen-bond donors (Lipinski definition) is 0. The van der Waals surface area contributed by atoms with Crippen molar-refractivity contribution >= 4 is 12.0 Å². The van der Waals surface area contributed by atoms with Gasteiger partial charge in [-0.3, -0.25) is 0 Å². The molecule has 3 heteroatoms. The first-order valence-corrected chi connectivity index (χ1v) is 6.86. The van der Waals surface area contributed by atoms with Crippen LogP contribution in [0.15, 0.2) is 30.3 Å². The first-order chi connectivity index (χ1) is 9.29. The van der Waals surface area contributed by atoms with Gasteiger partial charge in [-0.15, -0.1) is 0 Å². The monoisotopic (exact) mass is 260 g/mol. The average molecular weight is 260 g/mol. The van der Waals surface area contributed by atoms with Crippen molar-refractivity contribution in [3.63, 3.8) is 0 Å². The van der Waals surface area contributed by atoms with E-state index in [9.17, 15) is 4.79 Å². The molecular weight excluding hydrogens is 240 g/mol. The summed E-state index contributed by atoms with van der Waals surface area (Å²) in [7, 11) is 0. The second-order valence-corrected chi connectivity index (χ2v) is 4.61. The van der Waals surface area contributed by atoms with E-state index in [2.05, 4.69) is 12.1 Å². The lowest BCUT2D eigenvalue weighted by Crippen LogP contribution is -2.11. The molecule has 1 saturated heterocycles. The Balaban J connectivity index is 1.96. The summed E-state index contributed by atoms with van der Waals surface area (Å²) in [5, 5.41) is 0. The minimum absolute atomic E-state index is 0.233. The van der Waals surface area contributed by atoms with Gasteiger partial charge in [0.2, 0.25) is 0 Å². The fourth-order valence-corrected chi connectivity index (χ4v) is 2.18. The molecule has 1 aliphatic rings. The zero-order valence-corrected chi connectivity index (χ0v) is 11.3. The summed E-state index contributed by atoms with van der Waals surface area (Å²) in [4.78, 5) is 11.2. The molecule has 0 bridgehead atoms. The molecule has 2 rings (SSSR count). The highest BCUT2D eigenvalue weighted by Crippen LogP contribution is 2.27. The molecule has 0 aromatic heterocycles. The number of carbonyl (C=O) groups excluding carboxylic acids is 1. The molecule has 19 heavy (non-hydrogen) atoms. The third-order valence-electron chi connectivity index (χ3n) is 3.19. The number of hydrogen-bond acceptors (Lipinski definition) is 3. The number of benzene rings is 1. The molecule has 1 fully saturated rings. The molecule has 1 atom stereocenters. The molecule has 1 aliphatic heterocycles. The lowest BCUT2D eigenvalue weighted by atomic mass is 10.0. The van der Waals surface area contributed by atoms with Crippen molar-refractivity contribution in [2.75, 3.05) is 13.2 Å². The van der Waals surface area contributed by atoms with E-state index in [0.29, 0.717) is 6.61 Å². The molecule has 0 radical (unpaired) electrons. The highest BCUT2D eigenvalue weighted by atomic mass is 16.5. The summed E-state index contributed by atoms with van der Waals surface area (Å²) in [5.74, 6) is -0.304. The van der Waals surface area contributed by atoms with E-state index in [-0.39, 0.29) is 12.1 Å². The van der Waals surface area contributed by atoms with Crippen LogP contribution in [0.25, 0.3) is 6.08 Å². The van der Waals surface area contributed by atoms with Gasteiger partial charge in [-0.05, 0) is 43.4 Å². The van der Waals surface area contributed by atoms with E-state index in [1.54, 1.807) is 13.0 Å². The largest absolute Gasteiger partial charge is 0.463 e. The smallest absolute Gasteiger partial charge is 0.330 e. The maximum Gasteiger partial charge on any atom is 0.330 e. The van der Waals surface area contributed by atoms with Gasteiger partial charge in [0.05, 0.1) is 12.7 Å². The van der Waals surface area contributed by atoms with Crippen LogP contribution >= 0.6 is 0 Å². The first kappa shape index (κ1) is 13.8. The van der Waals surface area contributed by atoms with Crippen LogP contribution in [0.3, 0.4) is 0 Å². The first-order valence-electron chi connectivity index (χ1n) is 6.86. The predicted molar refractivity (Wildman–Crippen MR) is 74.7 cm³/mol. The van der Waals surface area contributed by atoms with E-state index in [1.165, 1.54) is 18.1 Å². The van der Waals surface area contributed by atoms with E-state index < -0.39 is 0 Å². The third-order valence-corrected chi connectivity index (χ3v) is 3.19. The lowest BCUT2D eigenvalue weighted by Gasteiger charge is -2.22. The number of ether oxygens (including phenoxy) is 2. The van der Waals surface area contributed by atoms with Gasteiger partial charge in [-0.25, -0.2) is 4.79 Å². The van der Waals surface area contributed by atoms with Gasteiger partial charge in [0, 0.05) is 12.7 Å². The zero-order valence-electron chi connectivity index (χ0n) is 11.3. The molecule has 1 aromatic rings. The van der Waals surface area contributed by atoms with Crippen LogP contribution in [-0.4, -0.2) is 19.2 Å². The Morgan fingerprint density at radius 1 is 1.37 bits per heavy atom. The predicted octanol–water partition coefficient (Wildman–Crippen LogP) is 3.50. The van der Waals surface area contributed by atoms with Crippen LogP contribution in [0.1, 0.15) is 43.4 Å². The van der Waals surface area contributed by atoms with Crippen LogP contribution < -0.4 is 0 Å². The van der Waals surface area contributed by atoms with Crippen molar-refractivity contribution < 1.29 is 14.3 Å². The Hall–Kier alpha value is -1.61. The molecule has 1 heterocycles. The fraction of sp³-hybridized carbons (Fsp3) is 0.438. The van der Waals surface area contributed by atoms with Crippen LogP contribution in [-0.2, 0) is 14.3 Å². The quantitative estimate of drug-likeness (QED) is 0.614. The minimum atomic E-state index is -0.304. The van der Waals surface area contributed by atoms with Crippen molar-refractivity contribution in [2.24, 2.45) is 0 Å². The minimum Gasteiger partial charge on any atom is -0.463 e. The Kier molecular flexibility index (Phi) is 5.16. The Bertz CT molecular complexity index is 428. The molecule has 0 aliphatic carbocycles. The summed E-state index contributed by atoms with van der Waals surface area (Å²) < 4.78 is 10.6. The lowest BCUT2D eigenvalue weighted by molar-refractivity contribution is -0.137. The molecule has 102 valence electrons. The van der Waals surface area contributed by atoms with Gasteiger partial charge in [0.15, 0.2) is 0 Å². The number of esters is 1. The Morgan fingerprint density at radius 3 is 2.79 bits per heavy atom. The Morgan fingerprint density at radius 2 is 2.16 bits per heavy atom. The summed E-state index contributed by atoms with van der Waals surface area (Å²) in [6.45, 7) is 3.06. The van der Waals surface area contributed by atoms with E-state index in [1.807, 2.05) is 12.1 Å². The highest BCUT2D eigenvalue weighted by molar-refractivity contribution is 5.87. The van der Waals surface area contributed by atoms with Gasteiger partial charge < -0.3 is 9.47 Å². The summed E-state index contributed by atoms with van der Waals surface area (Å²) in [6.07, 6.45) is 6.94. The molecule has 0 saturated carbocycles. The van der Waals surface area contributed by atoms with Gasteiger partial charge in [0.25, 0.3) is 0 Å². The standard InChI is InChI=1S/C16H20O3/c1-2-18-16(17)11-8-13-6-9-14(10-7-13)15-5-3-4-12-19-15/h6-11,15H,2-5,12H2,1H3/b11-8+/t15-/m0/s1. The molecule has 3 nitrogen and oxygen atoms in total. The Labute approximate surface area is 114 Å². The van der Waals surface area contributed by atoms with Gasteiger partial charge in [-0.2, -0.15) is 0 Å². The van der Waals surface area contributed by atoms with Crippen LogP contribution in [0.5, 0.6) is 0 Å². The number of rotatable bonds is 4. The summed E-state index contributed by atoms with van der Waals surface area (Å²) >= 11 is 0. The maximum atomic E-state index is 11.2. The van der Waals surface area contributed by atoms with Crippen LogP contribution in [0.2, 0.25) is 0 Å². The SMILES string of the molecule is CCOC(=O)/C=C/c1ccc([C@@H]2CCCCO2)cc1. The molecule has 0 N–H and O–H groups in total. The van der Waals surface area contributed by atoms with Crippen LogP contribution in [0.4, 0.5) is 0 Å². The normalized spacial score (nSPS) is 19.5. The molecule has 1 aromatic carbocycles. The average Bonchev–Trinajstić information content (AvgIpc) is 2.47. The number of carbonyl (C=O) groups is 1. The summed E-state index contributed by atoms with van der Waals surface area (Å²) in [6, 6.07) is 8.15. The van der Waals surface area contributed by atoms with Crippen molar-refractivity contribution in [3.8, 4) is 0 Å². The maximum absolute atomic E-state index is 11.2. The zero-order chi connectivity index (χ0) is 13.5. The van der Waals surface area contributed by atoms with E-state index in [4.69, 9.17) is 9.47 Å².